The molecular weight excluding hydrogens is 1310 g/mol. The van der Waals surface area contributed by atoms with E-state index in [9.17, 15) is 43.2 Å². The monoisotopic (exact) mass is 1460 g/mol. The Balaban J connectivity index is 5.35. The molecule has 17 nitrogen and oxygen atoms in total. The van der Waals surface area contributed by atoms with Crippen LogP contribution in [-0.2, 0) is 65.4 Å². The van der Waals surface area contributed by atoms with E-state index in [0.29, 0.717) is 25.7 Å². The number of carbonyl (C=O) groups is 4. The molecule has 0 aromatic heterocycles. The normalized spacial score (nSPS) is 14.2. The predicted octanol–water partition coefficient (Wildman–Crippen LogP) is 23.5. The van der Waals surface area contributed by atoms with Crippen LogP contribution in [0, 0.1) is 0 Å². The first kappa shape index (κ1) is 96.8. The van der Waals surface area contributed by atoms with Gasteiger partial charge >= 0.3 is 39.5 Å². The van der Waals surface area contributed by atoms with Crippen LogP contribution < -0.4 is 0 Å². The van der Waals surface area contributed by atoms with Crippen molar-refractivity contribution in [1.29, 1.82) is 0 Å². The zero-order chi connectivity index (χ0) is 73.2. The number of unbranched alkanes of at least 4 members (excludes halogenated alkanes) is 41. The molecule has 0 fully saturated rings. The Morgan fingerprint density at radius 1 is 0.280 bits per heavy atom. The Morgan fingerprint density at radius 3 is 0.770 bits per heavy atom. The molecule has 0 spiro atoms. The fraction of sp³-hybridized carbons (Fsp3) is 0.827. The summed E-state index contributed by atoms with van der Waals surface area (Å²) in [6.07, 6.45) is 73.3. The molecule has 0 saturated heterocycles. The summed E-state index contributed by atoms with van der Waals surface area (Å²) in [6, 6.07) is 0. The lowest BCUT2D eigenvalue weighted by Gasteiger charge is -2.21. The molecule has 0 aliphatic heterocycles. The van der Waals surface area contributed by atoms with Gasteiger partial charge in [-0.1, -0.05) is 294 Å². The molecule has 0 aromatic rings. The first-order valence-corrected chi connectivity index (χ1v) is 43.5. The number of ether oxygens (including phenoxy) is 4. The van der Waals surface area contributed by atoms with Crippen molar-refractivity contribution < 1.29 is 80.2 Å². The number of rotatable bonds is 77. The number of aliphatic hydroxyl groups excluding tert-OH is 1. The molecule has 0 bridgehead atoms. The largest absolute Gasteiger partial charge is 0.472 e. The fourth-order valence-electron chi connectivity index (χ4n) is 11.2. The van der Waals surface area contributed by atoms with E-state index in [1.54, 1.807) is 0 Å². The molecule has 0 amide bonds. The third-order valence-electron chi connectivity index (χ3n) is 17.5. The highest BCUT2D eigenvalue weighted by molar-refractivity contribution is 7.47. The summed E-state index contributed by atoms with van der Waals surface area (Å²) < 4.78 is 68.6. The number of allylic oxidation sites excluding steroid dienone is 10. The van der Waals surface area contributed by atoms with Gasteiger partial charge in [-0.25, -0.2) is 9.13 Å². The average molecular weight is 1460 g/mol. The van der Waals surface area contributed by atoms with Crippen molar-refractivity contribution in [2.24, 2.45) is 0 Å². The Labute approximate surface area is 610 Å². The number of phosphoric acid groups is 2. The van der Waals surface area contributed by atoms with Crippen molar-refractivity contribution in [3.05, 3.63) is 60.8 Å². The summed E-state index contributed by atoms with van der Waals surface area (Å²) in [5, 5.41) is 10.6. The Kier molecular flexibility index (Phi) is 71.6. The van der Waals surface area contributed by atoms with Crippen LogP contribution in [0.15, 0.2) is 60.8 Å². The second-order valence-electron chi connectivity index (χ2n) is 27.4. The Hall–Kier alpha value is -3.24. The highest BCUT2D eigenvalue weighted by Crippen LogP contribution is 2.45. The summed E-state index contributed by atoms with van der Waals surface area (Å²) in [7, 11) is -9.95. The number of aliphatic hydroxyl groups is 1. The van der Waals surface area contributed by atoms with Gasteiger partial charge in [0.25, 0.3) is 0 Å². The molecule has 3 N–H and O–H groups in total. The molecule has 584 valence electrons. The smallest absolute Gasteiger partial charge is 0.462 e. The van der Waals surface area contributed by atoms with E-state index in [2.05, 4.69) is 88.5 Å². The third-order valence-corrected chi connectivity index (χ3v) is 19.4. The summed E-state index contributed by atoms with van der Waals surface area (Å²) >= 11 is 0. The van der Waals surface area contributed by atoms with Crippen LogP contribution in [0.3, 0.4) is 0 Å². The van der Waals surface area contributed by atoms with Crippen LogP contribution in [0.5, 0.6) is 0 Å². The van der Waals surface area contributed by atoms with Gasteiger partial charge < -0.3 is 33.8 Å². The van der Waals surface area contributed by atoms with Gasteiger partial charge in [0, 0.05) is 25.7 Å². The molecule has 0 radical (unpaired) electrons. The highest BCUT2D eigenvalue weighted by atomic mass is 31.2. The zero-order valence-corrected chi connectivity index (χ0v) is 65.7. The minimum atomic E-state index is -4.98. The van der Waals surface area contributed by atoms with Crippen LogP contribution in [0.1, 0.15) is 374 Å². The maximum absolute atomic E-state index is 13.1. The molecule has 19 heteroatoms. The van der Waals surface area contributed by atoms with E-state index in [0.717, 1.165) is 148 Å². The van der Waals surface area contributed by atoms with E-state index in [1.807, 2.05) is 0 Å². The van der Waals surface area contributed by atoms with Gasteiger partial charge in [0.05, 0.1) is 26.4 Å². The average Bonchev–Trinajstić information content (AvgIpc) is 1.01. The van der Waals surface area contributed by atoms with Gasteiger partial charge in [-0.3, -0.25) is 37.3 Å². The summed E-state index contributed by atoms with van der Waals surface area (Å²) in [4.78, 5) is 73.0. The molecule has 0 rings (SSSR count). The van der Waals surface area contributed by atoms with Crippen molar-refractivity contribution in [2.75, 3.05) is 39.6 Å². The van der Waals surface area contributed by atoms with Crippen molar-refractivity contribution in [3.8, 4) is 0 Å². The molecule has 0 heterocycles. The summed E-state index contributed by atoms with van der Waals surface area (Å²) in [6.45, 7) is 4.85. The predicted molar refractivity (Wildman–Crippen MR) is 409 cm³/mol. The van der Waals surface area contributed by atoms with E-state index in [4.69, 9.17) is 37.0 Å². The molecular formula is C81H148O17P2. The van der Waals surface area contributed by atoms with Crippen LogP contribution >= 0.6 is 15.6 Å². The van der Waals surface area contributed by atoms with E-state index in [-0.39, 0.29) is 25.7 Å². The van der Waals surface area contributed by atoms with Crippen LogP contribution in [0.25, 0.3) is 0 Å². The molecule has 2 unspecified atom stereocenters. The fourth-order valence-corrected chi connectivity index (χ4v) is 12.8. The number of hydrogen-bond acceptors (Lipinski definition) is 15. The van der Waals surface area contributed by atoms with Gasteiger partial charge in [0.1, 0.15) is 19.3 Å². The number of carbonyl (C=O) groups excluding carboxylic acids is 4. The maximum Gasteiger partial charge on any atom is 0.472 e. The standard InChI is InChI=1S/C81H148O17P2/c1-5-9-13-17-21-25-29-33-37-41-45-49-53-57-61-65-78(83)91-71-76(97-80(85)67-63-59-55-51-47-43-39-35-31-27-23-19-15-11-7-3)73-95-99(87,88)93-69-75(82)70-94-100(89,90)96-74-77(98-81(86)68-64-60-56-52-48-44-40-36-32-28-24-20-16-12-8-4)72-92-79(84)66-62-58-54-50-46-42-38-34-30-26-22-18-14-10-6-2/h21,23,25,27,33,35-37,39-40,75-77,82H,5-20,22,24,26,28-32,34,38,41-74H2,1-4H3,(H,87,88)(H,89,90)/b25-21-,27-23-,37-33-,39-35-,40-36-/t75-,76-,77-/m1/s1. The number of phosphoric ester groups is 2. The molecule has 0 aromatic carbocycles. The Bertz CT molecular complexity index is 2130. The molecule has 0 saturated carbocycles. The Morgan fingerprint density at radius 2 is 0.490 bits per heavy atom. The molecule has 100 heavy (non-hydrogen) atoms. The second-order valence-corrected chi connectivity index (χ2v) is 30.3. The van der Waals surface area contributed by atoms with Gasteiger partial charge in [0.15, 0.2) is 12.2 Å². The molecule has 0 aliphatic carbocycles. The van der Waals surface area contributed by atoms with Gasteiger partial charge in [-0.15, -0.1) is 0 Å². The van der Waals surface area contributed by atoms with Crippen LogP contribution in [0.2, 0.25) is 0 Å². The van der Waals surface area contributed by atoms with Crippen molar-refractivity contribution in [2.45, 2.75) is 393 Å². The first-order valence-electron chi connectivity index (χ1n) is 40.5. The topological polar surface area (TPSA) is 237 Å². The number of esters is 4. The highest BCUT2D eigenvalue weighted by Gasteiger charge is 2.30. The second kappa shape index (κ2) is 74.0. The van der Waals surface area contributed by atoms with Gasteiger partial charge in [0.2, 0.25) is 0 Å². The van der Waals surface area contributed by atoms with Crippen molar-refractivity contribution in [3.63, 3.8) is 0 Å². The number of hydrogen-bond donors (Lipinski definition) is 3. The van der Waals surface area contributed by atoms with Crippen LogP contribution in [-0.4, -0.2) is 96.7 Å². The van der Waals surface area contributed by atoms with Crippen molar-refractivity contribution in [1.82, 2.24) is 0 Å². The lowest BCUT2D eigenvalue weighted by atomic mass is 10.0. The van der Waals surface area contributed by atoms with Gasteiger partial charge in [-0.2, -0.15) is 0 Å². The quantitative estimate of drug-likeness (QED) is 0.0169. The SMILES string of the molecule is CCCCC/C=C\C/C=C\CCCCCCCC(=O)OC[C@H](COP(=O)(O)OC[C@@H](O)COP(=O)(O)OC[C@@H](COC(=O)CCCCCCCCCCCCCCCCC)OC(=O)CCCCCCC/C=C\CCCCCCCC)OC(=O)CCCCCCC/C=C\C/C=C\CCCCC. The van der Waals surface area contributed by atoms with E-state index in [1.165, 1.54) is 148 Å². The maximum atomic E-state index is 13.1. The molecule has 0 aliphatic rings. The van der Waals surface area contributed by atoms with E-state index >= 15 is 0 Å². The van der Waals surface area contributed by atoms with E-state index < -0.39 is 97.5 Å². The summed E-state index contributed by atoms with van der Waals surface area (Å²) in [5.41, 5.74) is 0. The lowest BCUT2D eigenvalue weighted by molar-refractivity contribution is -0.161. The zero-order valence-electron chi connectivity index (χ0n) is 63.9. The minimum absolute atomic E-state index is 0.0792. The first-order chi connectivity index (χ1) is 48.7. The minimum Gasteiger partial charge on any atom is -0.462 e. The van der Waals surface area contributed by atoms with Crippen molar-refractivity contribution >= 4 is 39.5 Å². The van der Waals surface area contributed by atoms with Gasteiger partial charge in [-0.05, 0) is 116 Å². The summed E-state index contributed by atoms with van der Waals surface area (Å²) in [5.74, 6) is -2.18. The van der Waals surface area contributed by atoms with Crippen LogP contribution in [0.4, 0.5) is 0 Å². The lowest BCUT2D eigenvalue weighted by Crippen LogP contribution is -2.30. The molecule has 5 atom stereocenters. The third kappa shape index (κ3) is 73.1.